The monoisotopic (exact) mass is 340 g/mol. The predicted molar refractivity (Wildman–Crippen MR) is 97.0 cm³/mol. The highest BCUT2D eigenvalue weighted by Gasteiger charge is 2.29. The predicted octanol–water partition coefficient (Wildman–Crippen LogP) is 2.42. The van der Waals surface area contributed by atoms with Crippen LogP contribution in [0.4, 0.5) is 0 Å². The summed E-state index contributed by atoms with van der Waals surface area (Å²) in [4.78, 5) is 14.6. The quantitative estimate of drug-likeness (QED) is 0.877. The molecule has 2 aromatic carbocycles. The number of methoxy groups -OCH3 is 1. The van der Waals surface area contributed by atoms with Gasteiger partial charge in [0.1, 0.15) is 11.5 Å². The van der Waals surface area contributed by atoms with Gasteiger partial charge in [-0.15, -0.1) is 0 Å². The second-order valence-electron chi connectivity index (χ2n) is 6.42. The van der Waals surface area contributed by atoms with E-state index >= 15 is 0 Å². The molecule has 1 N–H and O–H groups in total. The van der Waals surface area contributed by atoms with Crippen LogP contribution in [0, 0.1) is 0 Å². The van der Waals surface area contributed by atoms with Crippen molar-refractivity contribution in [2.45, 2.75) is 18.6 Å². The second kappa shape index (κ2) is 7.57. The minimum atomic E-state index is -0.453. The van der Waals surface area contributed by atoms with E-state index in [-0.39, 0.29) is 11.9 Å². The third-order valence-corrected chi connectivity index (χ3v) is 4.51. The van der Waals surface area contributed by atoms with E-state index in [2.05, 4.69) is 10.2 Å². The van der Waals surface area contributed by atoms with Crippen LogP contribution in [0.1, 0.15) is 17.2 Å². The van der Waals surface area contributed by atoms with Gasteiger partial charge in [-0.2, -0.15) is 0 Å². The van der Waals surface area contributed by atoms with Gasteiger partial charge >= 0.3 is 0 Å². The number of amides is 1. The Morgan fingerprint density at radius 3 is 2.80 bits per heavy atom. The SMILES string of the molecule is COc1cccc([C@H](CNC(=O)[C@H]2Cc3ccccc3O2)N(C)C)c1. The molecule has 1 heterocycles. The number of fused-ring (bicyclic) bond motifs is 1. The first-order valence-corrected chi connectivity index (χ1v) is 8.41. The zero-order chi connectivity index (χ0) is 17.8. The van der Waals surface area contributed by atoms with Crippen molar-refractivity contribution in [3.05, 3.63) is 59.7 Å². The van der Waals surface area contributed by atoms with Gasteiger partial charge in [0, 0.05) is 13.0 Å². The number of rotatable bonds is 6. The maximum atomic E-state index is 12.5. The van der Waals surface area contributed by atoms with Crippen molar-refractivity contribution in [1.29, 1.82) is 0 Å². The molecule has 0 aromatic heterocycles. The van der Waals surface area contributed by atoms with E-state index in [0.29, 0.717) is 13.0 Å². The van der Waals surface area contributed by atoms with Crippen molar-refractivity contribution in [3.8, 4) is 11.5 Å². The molecule has 0 radical (unpaired) electrons. The van der Waals surface area contributed by atoms with E-state index in [1.54, 1.807) is 7.11 Å². The maximum Gasteiger partial charge on any atom is 0.261 e. The molecule has 0 saturated carbocycles. The largest absolute Gasteiger partial charge is 0.497 e. The number of hydrogen-bond donors (Lipinski definition) is 1. The van der Waals surface area contributed by atoms with Gasteiger partial charge in [-0.3, -0.25) is 4.79 Å². The molecule has 0 unspecified atom stereocenters. The van der Waals surface area contributed by atoms with E-state index in [9.17, 15) is 4.79 Å². The molecule has 0 aliphatic carbocycles. The third kappa shape index (κ3) is 3.94. The molecule has 132 valence electrons. The summed E-state index contributed by atoms with van der Waals surface area (Å²) in [7, 11) is 5.65. The lowest BCUT2D eigenvalue weighted by molar-refractivity contribution is -0.127. The molecule has 2 atom stereocenters. The number of nitrogens with zero attached hydrogens (tertiary/aromatic N) is 1. The molecule has 1 aliphatic heterocycles. The molecule has 0 bridgehead atoms. The molecule has 3 rings (SSSR count). The van der Waals surface area contributed by atoms with Crippen molar-refractivity contribution in [2.24, 2.45) is 0 Å². The van der Waals surface area contributed by atoms with Crippen molar-refractivity contribution < 1.29 is 14.3 Å². The Bertz CT molecular complexity index is 720. The molecule has 25 heavy (non-hydrogen) atoms. The fourth-order valence-electron chi connectivity index (χ4n) is 3.09. The van der Waals surface area contributed by atoms with Crippen LogP contribution in [0.2, 0.25) is 0 Å². The Balaban J connectivity index is 1.63. The van der Waals surface area contributed by atoms with Crippen LogP contribution >= 0.6 is 0 Å². The summed E-state index contributed by atoms with van der Waals surface area (Å²) in [6, 6.07) is 15.8. The highest BCUT2D eigenvalue weighted by molar-refractivity contribution is 5.82. The van der Waals surface area contributed by atoms with Gasteiger partial charge in [-0.1, -0.05) is 30.3 Å². The van der Waals surface area contributed by atoms with Gasteiger partial charge in [0.25, 0.3) is 5.91 Å². The number of nitrogens with one attached hydrogen (secondary N) is 1. The average Bonchev–Trinajstić information content (AvgIpc) is 3.06. The van der Waals surface area contributed by atoms with Gasteiger partial charge in [0.05, 0.1) is 13.2 Å². The number of hydrogen-bond acceptors (Lipinski definition) is 4. The van der Waals surface area contributed by atoms with Crippen molar-refractivity contribution in [3.63, 3.8) is 0 Å². The van der Waals surface area contributed by atoms with Gasteiger partial charge in [0.15, 0.2) is 6.10 Å². The number of ether oxygens (including phenoxy) is 2. The number of para-hydroxylation sites is 1. The molecule has 2 aromatic rings. The lowest BCUT2D eigenvalue weighted by Gasteiger charge is -2.26. The normalized spacial score (nSPS) is 16.9. The summed E-state index contributed by atoms with van der Waals surface area (Å²) in [5, 5.41) is 3.03. The summed E-state index contributed by atoms with van der Waals surface area (Å²) in [5.41, 5.74) is 2.18. The van der Waals surface area contributed by atoms with Crippen LogP contribution in [-0.2, 0) is 11.2 Å². The van der Waals surface area contributed by atoms with E-state index in [0.717, 1.165) is 22.6 Å². The summed E-state index contributed by atoms with van der Waals surface area (Å²) < 4.78 is 11.1. The first-order chi connectivity index (χ1) is 12.1. The van der Waals surface area contributed by atoms with E-state index in [1.807, 2.05) is 62.6 Å². The number of likely N-dealkylation sites (N-methyl/N-ethyl adjacent to an activating group) is 1. The van der Waals surface area contributed by atoms with Gasteiger partial charge in [-0.25, -0.2) is 0 Å². The lowest BCUT2D eigenvalue weighted by atomic mass is 10.1. The molecule has 0 saturated heterocycles. The Hall–Kier alpha value is -2.53. The van der Waals surface area contributed by atoms with Crippen molar-refractivity contribution in [1.82, 2.24) is 10.2 Å². The summed E-state index contributed by atoms with van der Waals surface area (Å²) in [6.07, 6.45) is 0.166. The van der Waals surface area contributed by atoms with Crippen LogP contribution in [0.15, 0.2) is 48.5 Å². The number of benzene rings is 2. The van der Waals surface area contributed by atoms with E-state index in [4.69, 9.17) is 9.47 Å². The molecule has 1 aliphatic rings. The van der Waals surface area contributed by atoms with Crippen LogP contribution in [0.3, 0.4) is 0 Å². The van der Waals surface area contributed by atoms with Crippen molar-refractivity contribution >= 4 is 5.91 Å². The average molecular weight is 340 g/mol. The Morgan fingerprint density at radius 1 is 1.28 bits per heavy atom. The van der Waals surface area contributed by atoms with Crippen LogP contribution in [0.25, 0.3) is 0 Å². The van der Waals surface area contributed by atoms with Gasteiger partial charge in [-0.05, 0) is 43.4 Å². The van der Waals surface area contributed by atoms with E-state index < -0.39 is 6.10 Å². The molecule has 0 spiro atoms. The second-order valence-corrected chi connectivity index (χ2v) is 6.42. The minimum absolute atomic E-state index is 0.0582. The number of carbonyl (C=O) groups is 1. The first kappa shape index (κ1) is 17.3. The topological polar surface area (TPSA) is 50.8 Å². The zero-order valence-electron chi connectivity index (χ0n) is 14.9. The lowest BCUT2D eigenvalue weighted by Crippen LogP contribution is -2.41. The summed E-state index contributed by atoms with van der Waals surface area (Å²) >= 11 is 0. The Kier molecular flexibility index (Phi) is 5.24. The molecule has 5 nitrogen and oxygen atoms in total. The fraction of sp³-hybridized carbons (Fsp3) is 0.350. The first-order valence-electron chi connectivity index (χ1n) is 8.41. The molecular weight excluding hydrogens is 316 g/mol. The number of carbonyl (C=O) groups excluding carboxylic acids is 1. The smallest absolute Gasteiger partial charge is 0.261 e. The van der Waals surface area contributed by atoms with Crippen LogP contribution < -0.4 is 14.8 Å². The van der Waals surface area contributed by atoms with Crippen molar-refractivity contribution in [2.75, 3.05) is 27.7 Å². The van der Waals surface area contributed by atoms with Crippen LogP contribution in [0.5, 0.6) is 11.5 Å². The molecule has 1 amide bonds. The molecular formula is C20H24N2O3. The molecule has 0 fully saturated rings. The zero-order valence-corrected chi connectivity index (χ0v) is 14.9. The van der Waals surface area contributed by atoms with Gasteiger partial charge < -0.3 is 19.7 Å². The fourth-order valence-corrected chi connectivity index (χ4v) is 3.09. The minimum Gasteiger partial charge on any atom is -0.497 e. The Labute approximate surface area is 148 Å². The molecule has 5 heteroatoms. The summed E-state index contributed by atoms with van der Waals surface area (Å²) in [6.45, 7) is 0.509. The third-order valence-electron chi connectivity index (χ3n) is 4.51. The summed E-state index contributed by atoms with van der Waals surface area (Å²) in [5.74, 6) is 1.54. The van der Waals surface area contributed by atoms with Crippen LogP contribution in [-0.4, -0.2) is 44.7 Å². The highest BCUT2D eigenvalue weighted by Crippen LogP contribution is 2.28. The Morgan fingerprint density at radius 2 is 2.08 bits per heavy atom. The standard InChI is InChI=1S/C20H24N2O3/c1-22(2)17(14-8-6-9-16(11-14)24-3)13-21-20(23)19-12-15-7-4-5-10-18(15)25-19/h4-11,17,19H,12-13H2,1-3H3,(H,21,23)/t17-,19+/m0/s1. The van der Waals surface area contributed by atoms with Gasteiger partial charge in [0.2, 0.25) is 0 Å². The highest BCUT2D eigenvalue weighted by atomic mass is 16.5. The van der Waals surface area contributed by atoms with E-state index in [1.165, 1.54) is 0 Å². The maximum absolute atomic E-state index is 12.5.